The van der Waals surface area contributed by atoms with Crippen molar-refractivity contribution in [2.75, 3.05) is 0 Å². The van der Waals surface area contributed by atoms with E-state index < -0.39 is 15.9 Å². The second-order valence-electron chi connectivity index (χ2n) is 5.98. The van der Waals surface area contributed by atoms with Gasteiger partial charge in [0.05, 0.1) is 4.90 Å². The number of pyridine rings is 1. The fourth-order valence-electron chi connectivity index (χ4n) is 2.61. The summed E-state index contributed by atoms with van der Waals surface area (Å²) in [5.41, 5.74) is 7.06. The number of hydrogen-bond acceptors (Lipinski definition) is 4. The van der Waals surface area contributed by atoms with Crippen LogP contribution in [0.3, 0.4) is 0 Å². The zero-order chi connectivity index (χ0) is 17.3. The van der Waals surface area contributed by atoms with Crippen LogP contribution in [0.5, 0.6) is 0 Å². The number of carbonyl (C=O) groups excluding carboxylic acids is 1. The van der Waals surface area contributed by atoms with E-state index in [1.807, 2.05) is 6.07 Å². The molecular weight excluding hydrogens is 326 g/mol. The number of aryl methyl sites for hydroxylation is 1. The van der Waals surface area contributed by atoms with Crippen LogP contribution in [0.1, 0.15) is 34.3 Å². The number of rotatable bonds is 6. The van der Waals surface area contributed by atoms with E-state index in [-0.39, 0.29) is 23.0 Å². The largest absolute Gasteiger partial charge is 0.366 e. The predicted octanol–water partition coefficient (Wildman–Crippen LogP) is 1.84. The van der Waals surface area contributed by atoms with E-state index in [1.165, 1.54) is 16.4 Å². The van der Waals surface area contributed by atoms with Crippen molar-refractivity contribution in [2.45, 2.75) is 37.2 Å². The van der Waals surface area contributed by atoms with Gasteiger partial charge in [-0.3, -0.25) is 9.78 Å². The Balaban J connectivity index is 1.98. The lowest BCUT2D eigenvalue weighted by atomic mass is 10.1. The van der Waals surface area contributed by atoms with E-state index in [9.17, 15) is 13.2 Å². The molecule has 0 saturated heterocycles. The molecule has 126 valence electrons. The normalized spacial score (nSPS) is 14.8. The van der Waals surface area contributed by atoms with Crippen molar-refractivity contribution >= 4 is 15.9 Å². The lowest BCUT2D eigenvalue weighted by molar-refractivity contribution is 0.0999. The Morgan fingerprint density at radius 2 is 2.08 bits per heavy atom. The SMILES string of the molecule is Cc1ccc(S(=O)(=O)N(Cc2cccnc2)C2CC2)cc1C(N)=O. The molecule has 1 fully saturated rings. The fourth-order valence-corrected chi connectivity index (χ4v) is 4.31. The zero-order valence-corrected chi connectivity index (χ0v) is 14.2. The van der Waals surface area contributed by atoms with Crippen LogP contribution in [0.15, 0.2) is 47.6 Å². The molecule has 0 aliphatic heterocycles. The summed E-state index contributed by atoms with van der Waals surface area (Å²) >= 11 is 0. The van der Waals surface area contributed by atoms with Gasteiger partial charge in [0.1, 0.15) is 0 Å². The average molecular weight is 345 g/mol. The Labute approximate surface area is 141 Å². The zero-order valence-electron chi connectivity index (χ0n) is 13.3. The summed E-state index contributed by atoms with van der Waals surface area (Å²) in [7, 11) is -3.71. The number of aromatic nitrogens is 1. The van der Waals surface area contributed by atoms with Crippen LogP contribution in [-0.2, 0) is 16.6 Å². The van der Waals surface area contributed by atoms with Crippen LogP contribution in [0, 0.1) is 6.92 Å². The topological polar surface area (TPSA) is 93.4 Å². The number of primary amides is 1. The first-order chi connectivity index (χ1) is 11.4. The predicted molar refractivity (Wildman–Crippen MR) is 89.7 cm³/mol. The van der Waals surface area contributed by atoms with E-state index in [2.05, 4.69) is 4.98 Å². The van der Waals surface area contributed by atoms with Gasteiger partial charge >= 0.3 is 0 Å². The number of benzene rings is 1. The third-order valence-electron chi connectivity index (χ3n) is 4.10. The second kappa shape index (κ2) is 6.33. The standard InChI is InChI=1S/C17H19N3O3S/c1-12-4-7-15(9-16(12)17(18)21)24(22,23)20(14-5-6-14)11-13-3-2-8-19-10-13/h2-4,7-10,14H,5-6,11H2,1H3,(H2,18,21). The van der Waals surface area contributed by atoms with E-state index in [1.54, 1.807) is 31.5 Å². The van der Waals surface area contributed by atoms with Gasteiger partial charge in [-0.05, 0) is 49.1 Å². The van der Waals surface area contributed by atoms with Crippen molar-refractivity contribution in [1.29, 1.82) is 0 Å². The highest BCUT2D eigenvalue weighted by atomic mass is 32.2. The first-order valence-electron chi connectivity index (χ1n) is 7.71. The minimum Gasteiger partial charge on any atom is -0.366 e. The molecule has 2 aromatic rings. The first-order valence-corrected chi connectivity index (χ1v) is 9.15. The molecule has 1 saturated carbocycles. The molecule has 1 aromatic heterocycles. The molecule has 3 rings (SSSR count). The Kier molecular flexibility index (Phi) is 4.38. The molecule has 0 atom stereocenters. The van der Waals surface area contributed by atoms with Gasteiger partial charge in [-0.2, -0.15) is 4.31 Å². The fraction of sp³-hybridized carbons (Fsp3) is 0.294. The number of nitrogens with two attached hydrogens (primary N) is 1. The number of amides is 1. The molecule has 1 aliphatic rings. The first kappa shape index (κ1) is 16.6. The van der Waals surface area contributed by atoms with Crippen LogP contribution in [0.2, 0.25) is 0 Å². The summed E-state index contributed by atoms with van der Waals surface area (Å²) in [6, 6.07) is 8.13. The average Bonchev–Trinajstić information content (AvgIpc) is 3.38. The molecule has 24 heavy (non-hydrogen) atoms. The molecule has 0 bridgehead atoms. The Hall–Kier alpha value is -2.25. The summed E-state index contributed by atoms with van der Waals surface area (Å²) in [5.74, 6) is -0.630. The monoisotopic (exact) mass is 345 g/mol. The molecule has 1 aromatic carbocycles. The lowest BCUT2D eigenvalue weighted by Crippen LogP contribution is -2.33. The van der Waals surface area contributed by atoms with Gasteiger partial charge in [0, 0.05) is 30.5 Å². The maximum absolute atomic E-state index is 13.1. The van der Waals surface area contributed by atoms with E-state index in [0.717, 1.165) is 18.4 Å². The Morgan fingerprint density at radius 3 is 2.67 bits per heavy atom. The number of hydrogen-bond donors (Lipinski definition) is 1. The maximum atomic E-state index is 13.1. The molecule has 2 N–H and O–H groups in total. The quantitative estimate of drug-likeness (QED) is 0.864. The van der Waals surface area contributed by atoms with Crippen LogP contribution in [-0.4, -0.2) is 29.7 Å². The van der Waals surface area contributed by atoms with Crippen molar-refractivity contribution in [3.05, 3.63) is 59.4 Å². The number of carbonyl (C=O) groups is 1. The smallest absolute Gasteiger partial charge is 0.249 e. The van der Waals surface area contributed by atoms with Crippen LogP contribution < -0.4 is 5.73 Å². The van der Waals surface area contributed by atoms with Crippen molar-refractivity contribution in [3.8, 4) is 0 Å². The second-order valence-corrected chi connectivity index (χ2v) is 7.87. The molecule has 1 amide bonds. The van der Waals surface area contributed by atoms with E-state index >= 15 is 0 Å². The van der Waals surface area contributed by atoms with Crippen LogP contribution in [0.25, 0.3) is 0 Å². The molecule has 1 heterocycles. The minimum atomic E-state index is -3.71. The van der Waals surface area contributed by atoms with Crippen molar-refractivity contribution in [2.24, 2.45) is 5.73 Å². The Morgan fingerprint density at radius 1 is 1.33 bits per heavy atom. The summed E-state index contributed by atoms with van der Waals surface area (Å²) < 4.78 is 27.6. The van der Waals surface area contributed by atoms with E-state index in [4.69, 9.17) is 5.73 Å². The van der Waals surface area contributed by atoms with Crippen LogP contribution >= 0.6 is 0 Å². The van der Waals surface area contributed by atoms with Crippen LogP contribution in [0.4, 0.5) is 0 Å². The van der Waals surface area contributed by atoms with Gasteiger partial charge in [-0.15, -0.1) is 0 Å². The third-order valence-corrected chi connectivity index (χ3v) is 5.99. The minimum absolute atomic E-state index is 0.00598. The highest BCUT2D eigenvalue weighted by Gasteiger charge is 2.38. The molecule has 7 heteroatoms. The Bertz CT molecular complexity index is 862. The highest BCUT2D eigenvalue weighted by Crippen LogP contribution is 2.33. The third kappa shape index (κ3) is 3.32. The van der Waals surface area contributed by atoms with Gasteiger partial charge in [-0.25, -0.2) is 8.42 Å². The molecule has 6 nitrogen and oxygen atoms in total. The summed E-state index contributed by atoms with van der Waals surface area (Å²) in [5, 5.41) is 0. The molecule has 0 radical (unpaired) electrons. The van der Waals surface area contributed by atoms with Crippen molar-refractivity contribution in [1.82, 2.24) is 9.29 Å². The summed E-state index contributed by atoms with van der Waals surface area (Å²) in [4.78, 5) is 15.6. The maximum Gasteiger partial charge on any atom is 0.249 e. The van der Waals surface area contributed by atoms with Gasteiger partial charge in [0.15, 0.2) is 0 Å². The van der Waals surface area contributed by atoms with Gasteiger partial charge in [0.2, 0.25) is 15.9 Å². The molecule has 0 unspecified atom stereocenters. The number of nitrogens with zero attached hydrogens (tertiary/aromatic N) is 2. The van der Waals surface area contributed by atoms with Crippen molar-refractivity contribution < 1.29 is 13.2 Å². The highest BCUT2D eigenvalue weighted by molar-refractivity contribution is 7.89. The molecular formula is C17H19N3O3S. The van der Waals surface area contributed by atoms with Crippen molar-refractivity contribution in [3.63, 3.8) is 0 Å². The summed E-state index contributed by atoms with van der Waals surface area (Å²) in [6.07, 6.45) is 5.00. The van der Waals surface area contributed by atoms with E-state index in [0.29, 0.717) is 5.56 Å². The molecule has 1 aliphatic carbocycles. The lowest BCUT2D eigenvalue weighted by Gasteiger charge is -2.22. The molecule has 0 spiro atoms. The van der Waals surface area contributed by atoms with Gasteiger partial charge in [0.25, 0.3) is 0 Å². The number of sulfonamides is 1. The van der Waals surface area contributed by atoms with Gasteiger partial charge in [-0.1, -0.05) is 12.1 Å². The van der Waals surface area contributed by atoms with Gasteiger partial charge < -0.3 is 5.73 Å². The summed E-state index contributed by atoms with van der Waals surface area (Å²) in [6.45, 7) is 1.99.